The third kappa shape index (κ3) is 1.82. The van der Waals surface area contributed by atoms with Crippen molar-refractivity contribution in [2.75, 3.05) is 6.54 Å². The lowest BCUT2D eigenvalue weighted by molar-refractivity contribution is -0.142. The van der Waals surface area contributed by atoms with Crippen LogP contribution in [0.2, 0.25) is 0 Å². The molecule has 6 heteroatoms. The first-order valence-corrected chi connectivity index (χ1v) is 6.63. The molecule has 0 radical (unpaired) electrons. The summed E-state index contributed by atoms with van der Waals surface area (Å²) in [5.74, 6) is -0.636. The van der Waals surface area contributed by atoms with E-state index in [0.717, 1.165) is 19.3 Å². The highest BCUT2D eigenvalue weighted by Gasteiger charge is 2.49. The van der Waals surface area contributed by atoms with Crippen molar-refractivity contribution in [3.63, 3.8) is 0 Å². The predicted molar refractivity (Wildman–Crippen MR) is 66.6 cm³/mol. The highest BCUT2D eigenvalue weighted by atomic mass is 16.4. The van der Waals surface area contributed by atoms with Crippen molar-refractivity contribution in [2.24, 2.45) is 11.8 Å². The van der Waals surface area contributed by atoms with Gasteiger partial charge in [0.25, 0.3) is 5.91 Å². The fourth-order valence-corrected chi connectivity index (χ4v) is 3.55. The Bertz CT molecular complexity index is 525. The number of aromatic nitrogens is 2. The van der Waals surface area contributed by atoms with Gasteiger partial charge in [-0.1, -0.05) is 6.42 Å². The third-order valence-corrected chi connectivity index (χ3v) is 4.46. The van der Waals surface area contributed by atoms with Gasteiger partial charge < -0.3 is 10.0 Å². The largest absolute Gasteiger partial charge is 0.480 e. The van der Waals surface area contributed by atoms with Crippen LogP contribution < -0.4 is 0 Å². The average molecular weight is 263 g/mol. The number of H-pyrrole nitrogens is 1. The van der Waals surface area contributed by atoms with Crippen LogP contribution in [0.5, 0.6) is 0 Å². The minimum Gasteiger partial charge on any atom is -0.480 e. The van der Waals surface area contributed by atoms with Gasteiger partial charge in [-0.15, -0.1) is 0 Å². The van der Waals surface area contributed by atoms with Crippen molar-refractivity contribution >= 4 is 11.9 Å². The molecule has 1 aromatic heterocycles. The van der Waals surface area contributed by atoms with Gasteiger partial charge in [-0.25, -0.2) is 4.79 Å². The van der Waals surface area contributed by atoms with E-state index in [1.54, 1.807) is 6.92 Å². The van der Waals surface area contributed by atoms with Crippen LogP contribution in [0, 0.1) is 18.8 Å². The number of rotatable bonds is 2. The molecular formula is C13H17N3O3. The number of hydrogen-bond donors (Lipinski definition) is 2. The lowest BCUT2D eigenvalue weighted by Crippen LogP contribution is -2.43. The molecule has 3 atom stereocenters. The Morgan fingerprint density at radius 2 is 2.26 bits per heavy atom. The quantitative estimate of drug-likeness (QED) is 0.834. The molecule has 1 saturated carbocycles. The van der Waals surface area contributed by atoms with Crippen molar-refractivity contribution in [1.82, 2.24) is 15.1 Å². The number of amides is 1. The fraction of sp³-hybridized carbons (Fsp3) is 0.615. The summed E-state index contributed by atoms with van der Waals surface area (Å²) in [6.45, 7) is 2.33. The average Bonchev–Trinajstić information content (AvgIpc) is 3.00. The summed E-state index contributed by atoms with van der Waals surface area (Å²) < 4.78 is 0. The van der Waals surface area contributed by atoms with Crippen LogP contribution in [0.15, 0.2) is 6.20 Å². The Balaban J connectivity index is 1.90. The standard InChI is InChI=1S/C13H17N3O3/c1-7-10(5-14-15-7)12(17)16-6-8-3-2-4-9(8)11(16)13(18)19/h5,8-9,11H,2-4,6H2,1H3,(H,14,15)(H,18,19). The maximum atomic E-state index is 12.5. The highest BCUT2D eigenvalue weighted by Crippen LogP contribution is 2.42. The summed E-state index contributed by atoms with van der Waals surface area (Å²) in [5.41, 5.74) is 1.16. The van der Waals surface area contributed by atoms with E-state index in [9.17, 15) is 14.7 Å². The Morgan fingerprint density at radius 3 is 2.89 bits per heavy atom. The van der Waals surface area contributed by atoms with E-state index in [0.29, 0.717) is 23.7 Å². The number of aryl methyl sites for hydroxylation is 1. The second-order valence-electron chi connectivity index (χ2n) is 5.50. The van der Waals surface area contributed by atoms with Gasteiger partial charge in [-0.05, 0) is 31.6 Å². The maximum absolute atomic E-state index is 12.5. The molecule has 102 valence electrons. The smallest absolute Gasteiger partial charge is 0.326 e. The molecule has 6 nitrogen and oxygen atoms in total. The zero-order valence-corrected chi connectivity index (χ0v) is 10.8. The number of fused-ring (bicyclic) bond motifs is 1. The van der Waals surface area contributed by atoms with E-state index in [1.807, 2.05) is 0 Å². The number of carbonyl (C=O) groups is 2. The molecule has 2 N–H and O–H groups in total. The first-order valence-electron chi connectivity index (χ1n) is 6.63. The highest BCUT2D eigenvalue weighted by molar-refractivity contribution is 5.97. The number of carbonyl (C=O) groups excluding carboxylic acids is 1. The van der Waals surface area contributed by atoms with Crippen LogP contribution in [0.25, 0.3) is 0 Å². The Labute approximate surface area is 110 Å². The van der Waals surface area contributed by atoms with Crippen molar-refractivity contribution in [3.8, 4) is 0 Å². The zero-order chi connectivity index (χ0) is 13.6. The van der Waals surface area contributed by atoms with Crippen LogP contribution in [0.1, 0.15) is 35.3 Å². The van der Waals surface area contributed by atoms with Gasteiger partial charge in [0.2, 0.25) is 0 Å². The number of aliphatic carboxylic acids is 1. The Hall–Kier alpha value is -1.85. The molecule has 1 aliphatic carbocycles. The Kier molecular flexibility index (Phi) is 2.80. The summed E-state index contributed by atoms with van der Waals surface area (Å²) in [7, 11) is 0. The monoisotopic (exact) mass is 263 g/mol. The maximum Gasteiger partial charge on any atom is 0.326 e. The van der Waals surface area contributed by atoms with Gasteiger partial charge in [-0.2, -0.15) is 5.10 Å². The normalized spacial score (nSPS) is 29.5. The topological polar surface area (TPSA) is 86.3 Å². The summed E-state index contributed by atoms with van der Waals surface area (Å²) >= 11 is 0. The third-order valence-electron chi connectivity index (χ3n) is 4.46. The number of nitrogens with zero attached hydrogens (tertiary/aromatic N) is 2. The molecule has 0 spiro atoms. The number of hydrogen-bond acceptors (Lipinski definition) is 3. The molecule has 19 heavy (non-hydrogen) atoms. The molecule has 1 amide bonds. The van der Waals surface area contributed by atoms with Gasteiger partial charge >= 0.3 is 5.97 Å². The number of nitrogens with one attached hydrogen (secondary N) is 1. The lowest BCUT2D eigenvalue weighted by atomic mass is 9.94. The molecule has 3 unspecified atom stereocenters. The Morgan fingerprint density at radius 1 is 1.47 bits per heavy atom. The molecule has 1 aliphatic heterocycles. The van der Waals surface area contributed by atoms with Gasteiger partial charge in [0.1, 0.15) is 6.04 Å². The van der Waals surface area contributed by atoms with Crippen molar-refractivity contribution < 1.29 is 14.7 Å². The van der Waals surface area contributed by atoms with Crippen LogP contribution in [0.3, 0.4) is 0 Å². The van der Waals surface area contributed by atoms with Crippen LogP contribution in [-0.4, -0.2) is 44.7 Å². The van der Waals surface area contributed by atoms with Gasteiger partial charge in [-0.3, -0.25) is 9.89 Å². The molecule has 3 rings (SSSR count). The van der Waals surface area contributed by atoms with E-state index < -0.39 is 12.0 Å². The van der Waals surface area contributed by atoms with E-state index in [-0.39, 0.29) is 11.8 Å². The summed E-state index contributed by atoms with van der Waals surface area (Å²) in [6, 6.07) is -0.672. The SMILES string of the molecule is Cc1[nH]ncc1C(=O)N1CC2CCCC2C1C(=O)O. The lowest BCUT2D eigenvalue weighted by Gasteiger charge is -2.24. The minimum atomic E-state index is -0.885. The fourth-order valence-electron chi connectivity index (χ4n) is 3.55. The second kappa shape index (κ2) is 4.36. The molecule has 0 bridgehead atoms. The van der Waals surface area contributed by atoms with Crippen LogP contribution >= 0.6 is 0 Å². The van der Waals surface area contributed by atoms with E-state index in [4.69, 9.17) is 0 Å². The molecule has 2 fully saturated rings. The molecular weight excluding hydrogens is 246 g/mol. The van der Waals surface area contributed by atoms with Crippen molar-refractivity contribution in [1.29, 1.82) is 0 Å². The minimum absolute atomic E-state index is 0.119. The summed E-state index contributed by atoms with van der Waals surface area (Å²) in [5, 5.41) is 16.0. The second-order valence-corrected chi connectivity index (χ2v) is 5.50. The molecule has 1 saturated heterocycles. The molecule has 2 heterocycles. The molecule has 2 aliphatic rings. The van der Waals surface area contributed by atoms with Gasteiger partial charge in [0.15, 0.2) is 0 Å². The van der Waals surface area contributed by atoms with Crippen LogP contribution in [-0.2, 0) is 4.79 Å². The van der Waals surface area contributed by atoms with Crippen molar-refractivity contribution in [2.45, 2.75) is 32.2 Å². The van der Waals surface area contributed by atoms with Crippen LogP contribution in [0.4, 0.5) is 0 Å². The first kappa shape index (κ1) is 12.2. The van der Waals surface area contributed by atoms with E-state index in [2.05, 4.69) is 10.2 Å². The number of carboxylic acid groups (broad SMARTS) is 1. The zero-order valence-electron chi connectivity index (χ0n) is 10.8. The molecule has 1 aromatic rings. The van der Waals surface area contributed by atoms with Gasteiger partial charge in [0, 0.05) is 12.2 Å². The van der Waals surface area contributed by atoms with Gasteiger partial charge in [0.05, 0.1) is 11.8 Å². The number of aromatic amines is 1. The van der Waals surface area contributed by atoms with Crippen molar-refractivity contribution in [3.05, 3.63) is 17.5 Å². The number of carboxylic acids is 1. The summed E-state index contributed by atoms with van der Waals surface area (Å²) in [4.78, 5) is 25.5. The van der Waals surface area contributed by atoms with E-state index in [1.165, 1.54) is 11.1 Å². The predicted octanol–water partition coefficient (Wildman–Crippen LogP) is 1.04. The molecule has 0 aromatic carbocycles. The first-order chi connectivity index (χ1) is 9.09. The summed E-state index contributed by atoms with van der Waals surface area (Å²) in [6.07, 6.45) is 4.49. The number of likely N-dealkylation sites (tertiary alicyclic amines) is 1. The van der Waals surface area contributed by atoms with E-state index >= 15 is 0 Å².